The minimum atomic E-state index is -0.775. The zero-order chi connectivity index (χ0) is 24.2. The fourth-order valence-electron chi connectivity index (χ4n) is 5.34. The molecule has 3 aromatic rings. The van der Waals surface area contributed by atoms with Gasteiger partial charge in [-0.2, -0.15) is 5.10 Å². The van der Waals surface area contributed by atoms with Crippen LogP contribution in [0.3, 0.4) is 0 Å². The maximum atomic E-state index is 13.5. The molecule has 3 heterocycles. The SMILES string of the molecule is Cl.O=C(O)CN1CCC(c2nn(Cc3ccc(F)cc3)c3cc(C=CC4CCNCC4)ccc23)CC1. The van der Waals surface area contributed by atoms with Crippen LogP contribution < -0.4 is 5.32 Å². The van der Waals surface area contributed by atoms with E-state index in [4.69, 9.17) is 10.2 Å². The summed E-state index contributed by atoms with van der Waals surface area (Å²) in [4.78, 5) is 13.1. The minimum absolute atomic E-state index is 0. The fraction of sp³-hybridized carbons (Fsp3) is 0.429. The average Bonchev–Trinajstić information content (AvgIpc) is 3.22. The predicted octanol–water partition coefficient (Wildman–Crippen LogP) is 4.92. The van der Waals surface area contributed by atoms with Crippen LogP contribution >= 0.6 is 12.4 Å². The summed E-state index contributed by atoms with van der Waals surface area (Å²) < 4.78 is 15.5. The highest BCUT2D eigenvalue weighted by molar-refractivity contribution is 5.85. The molecule has 2 aliphatic heterocycles. The van der Waals surface area contributed by atoms with Crippen LogP contribution in [0.2, 0.25) is 0 Å². The summed E-state index contributed by atoms with van der Waals surface area (Å²) in [7, 11) is 0. The Morgan fingerprint density at radius 1 is 1.08 bits per heavy atom. The number of nitrogens with zero attached hydrogens (tertiary/aromatic N) is 3. The number of carboxylic acid groups (broad SMARTS) is 1. The van der Waals surface area contributed by atoms with Crippen molar-refractivity contribution in [3.63, 3.8) is 0 Å². The number of hydrogen-bond donors (Lipinski definition) is 2. The molecule has 36 heavy (non-hydrogen) atoms. The third kappa shape index (κ3) is 6.33. The number of allylic oxidation sites excluding steroid dienone is 1. The van der Waals surface area contributed by atoms with Crippen LogP contribution in [-0.4, -0.2) is 58.5 Å². The number of carbonyl (C=O) groups is 1. The van der Waals surface area contributed by atoms with E-state index in [-0.39, 0.29) is 24.8 Å². The number of benzene rings is 2. The van der Waals surface area contributed by atoms with Crippen LogP contribution in [0, 0.1) is 11.7 Å². The topological polar surface area (TPSA) is 70.4 Å². The van der Waals surface area contributed by atoms with Gasteiger partial charge in [0.05, 0.1) is 24.3 Å². The van der Waals surface area contributed by atoms with Gasteiger partial charge >= 0.3 is 5.97 Å². The van der Waals surface area contributed by atoms with Gasteiger partial charge in [-0.3, -0.25) is 14.4 Å². The van der Waals surface area contributed by atoms with E-state index in [1.165, 1.54) is 30.5 Å². The van der Waals surface area contributed by atoms with E-state index in [0.29, 0.717) is 18.4 Å². The zero-order valence-electron chi connectivity index (χ0n) is 20.4. The normalized spacial score (nSPS) is 18.0. The van der Waals surface area contributed by atoms with Crippen LogP contribution in [0.4, 0.5) is 4.39 Å². The first kappa shape index (κ1) is 26.3. The van der Waals surface area contributed by atoms with Gasteiger partial charge in [0.2, 0.25) is 0 Å². The largest absolute Gasteiger partial charge is 0.480 e. The highest BCUT2D eigenvalue weighted by atomic mass is 35.5. The van der Waals surface area contributed by atoms with Crippen molar-refractivity contribution in [1.29, 1.82) is 0 Å². The third-order valence-electron chi connectivity index (χ3n) is 7.33. The van der Waals surface area contributed by atoms with E-state index < -0.39 is 5.97 Å². The van der Waals surface area contributed by atoms with Gasteiger partial charge in [0.1, 0.15) is 5.82 Å². The molecule has 5 rings (SSSR count). The summed E-state index contributed by atoms with van der Waals surface area (Å²) >= 11 is 0. The molecule has 8 heteroatoms. The standard InChI is InChI=1S/C28H33FN4O2.ClH/c29-24-6-3-22(4-7-24)18-33-26-17-21(2-1-20-9-13-30-14-10-20)5-8-25(26)28(31-33)23-11-15-32(16-12-23)19-27(34)35;/h1-8,17,20,23,30H,9-16,18-19H2,(H,34,35);1H. The summed E-state index contributed by atoms with van der Waals surface area (Å²) in [6, 6.07) is 13.2. The Morgan fingerprint density at radius 3 is 2.50 bits per heavy atom. The molecule has 2 aromatic carbocycles. The lowest BCUT2D eigenvalue weighted by atomic mass is 9.91. The monoisotopic (exact) mass is 512 g/mol. The van der Waals surface area contributed by atoms with E-state index >= 15 is 0 Å². The lowest BCUT2D eigenvalue weighted by molar-refractivity contribution is -0.138. The molecule has 0 spiro atoms. The van der Waals surface area contributed by atoms with E-state index in [1.54, 1.807) is 0 Å². The Labute approximate surface area is 217 Å². The quantitative estimate of drug-likeness (QED) is 0.470. The molecule has 0 saturated carbocycles. The second kappa shape index (κ2) is 12.0. The van der Waals surface area contributed by atoms with Crippen molar-refractivity contribution < 1.29 is 14.3 Å². The lowest BCUT2D eigenvalue weighted by Crippen LogP contribution is -2.36. The van der Waals surface area contributed by atoms with E-state index in [2.05, 4.69) is 35.7 Å². The average molecular weight is 513 g/mol. The molecule has 0 unspecified atom stereocenters. The molecule has 0 radical (unpaired) electrons. The van der Waals surface area contributed by atoms with Crippen LogP contribution in [0.15, 0.2) is 48.5 Å². The Hall–Kier alpha value is -2.74. The van der Waals surface area contributed by atoms with Crippen molar-refractivity contribution >= 4 is 35.4 Å². The highest BCUT2D eigenvalue weighted by Crippen LogP contribution is 2.33. The number of halogens is 2. The first-order valence-corrected chi connectivity index (χ1v) is 12.6. The van der Waals surface area contributed by atoms with Crippen molar-refractivity contribution in [1.82, 2.24) is 20.0 Å². The van der Waals surface area contributed by atoms with E-state index in [0.717, 1.165) is 61.2 Å². The maximum absolute atomic E-state index is 13.5. The zero-order valence-corrected chi connectivity index (χ0v) is 21.2. The molecule has 0 aliphatic carbocycles. The molecule has 6 nitrogen and oxygen atoms in total. The van der Waals surface area contributed by atoms with Crippen LogP contribution in [0.5, 0.6) is 0 Å². The third-order valence-corrected chi connectivity index (χ3v) is 7.33. The number of piperidine rings is 2. The number of likely N-dealkylation sites (tertiary alicyclic amines) is 1. The van der Waals surface area contributed by atoms with Gasteiger partial charge in [0.25, 0.3) is 0 Å². The molecule has 2 aliphatic rings. The van der Waals surface area contributed by atoms with Crippen molar-refractivity contribution in [2.75, 3.05) is 32.7 Å². The number of carboxylic acids is 1. The summed E-state index contributed by atoms with van der Waals surface area (Å²) in [5.41, 5.74) is 4.35. The Kier molecular flexibility index (Phi) is 8.77. The van der Waals surface area contributed by atoms with Gasteiger partial charge in [-0.15, -0.1) is 12.4 Å². The fourth-order valence-corrected chi connectivity index (χ4v) is 5.34. The second-order valence-electron chi connectivity index (χ2n) is 9.84. The first-order valence-electron chi connectivity index (χ1n) is 12.6. The number of aliphatic carboxylic acids is 1. The van der Waals surface area contributed by atoms with Gasteiger partial charge in [0, 0.05) is 11.3 Å². The number of rotatable bonds is 7. The highest BCUT2D eigenvalue weighted by Gasteiger charge is 2.26. The molecule has 1 aromatic heterocycles. The molecule has 0 amide bonds. The van der Waals surface area contributed by atoms with Gasteiger partial charge in [-0.25, -0.2) is 4.39 Å². The Balaban J connectivity index is 0.00000304. The number of fused-ring (bicyclic) bond motifs is 1. The molecule has 2 saturated heterocycles. The summed E-state index contributed by atoms with van der Waals surface area (Å²) in [6.45, 7) is 4.36. The van der Waals surface area contributed by atoms with Gasteiger partial charge in [0.15, 0.2) is 0 Å². The van der Waals surface area contributed by atoms with Crippen LogP contribution in [-0.2, 0) is 11.3 Å². The molecule has 2 fully saturated rings. The Morgan fingerprint density at radius 2 is 1.81 bits per heavy atom. The van der Waals surface area contributed by atoms with Crippen LogP contribution in [0.25, 0.3) is 17.0 Å². The Bertz CT molecular complexity index is 1200. The van der Waals surface area contributed by atoms with Gasteiger partial charge < -0.3 is 10.4 Å². The smallest absolute Gasteiger partial charge is 0.317 e. The van der Waals surface area contributed by atoms with Crippen LogP contribution in [0.1, 0.15) is 48.4 Å². The predicted molar refractivity (Wildman–Crippen MR) is 143 cm³/mol. The number of aromatic nitrogens is 2. The van der Waals surface area contributed by atoms with E-state index in [1.807, 2.05) is 21.7 Å². The molecular formula is C28H34ClFN4O2. The lowest BCUT2D eigenvalue weighted by Gasteiger charge is -2.30. The molecular weight excluding hydrogens is 479 g/mol. The number of hydrogen-bond acceptors (Lipinski definition) is 4. The molecule has 0 bridgehead atoms. The van der Waals surface area contributed by atoms with Crippen molar-refractivity contribution in [2.45, 2.75) is 38.1 Å². The second-order valence-corrected chi connectivity index (χ2v) is 9.84. The molecule has 2 N–H and O–H groups in total. The maximum Gasteiger partial charge on any atom is 0.317 e. The van der Waals surface area contributed by atoms with E-state index in [9.17, 15) is 9.18 Å². The van der Waals surface area contributed by atoms with Crippen molar-refractivity contribution in [3.05, 3.63) is 71.2 Å². The summed E-state index contributed by atoms with van der Waals surface area (Å²) in [5.74, 6) is -0.100. The van der Waals surface area contributed by atoms with Gasteiger partial charge in [-0.05, 0) is 87.1 Å². The molecule has 192 valence electrons. The summed E-state index contributed by atoms with van der Waals surface area (Å²) in [6.07, 6.45) is 8.70. The van der Waals surface area contributed by atoms with Crippen molar-refractivity contribution in [3.8, 4) is 0 Å². The van der Waals surface area contributed by atoms with Gasteiger partial charge in [-0.1, -0.05) is 36.4 Å². The van der Waals surface area contributed by atoms with Crippen molar-refractivity contribution in [2.24, 2.45) is 5.92 Å². The summed E-state index contributed by atoms with van der Waals surface area (Å²) in [5, 5.41) is 18.7. The minimum Gasteiger partial charge on any atom is -0.480 e. The number of nitrogens with one attached hydrogen (secondary N) is 1. The first-order chi connectivity index (χ1) is 17.0. The molecule has 0 atom stereocenters.